The number of alkyl halides is 3. The largest absolute Gasteiger partial charge is 0.416 e. The molecule has 1 heterocycles. The molecule has 2 rings (SSSR count). The summed E-state index contributed by atoms with van der Waals surface area (Å²) in [6.07, 6.45) is -2.22. The molecule has 1 fully saturated rings. The Kier molecular flexibility index (Phi) is 5.19. The van der Waals surface area contributed by atoms with E-state index in [4.69, 9.17) is 4.74 Å². The van der Waals surface area contributed by atoms with Crippen LogP contribution in [-0.2, 0) is 15.7 Å². The number of carbonyl (C=O) groups excluding carboxylic acids is 1. The number of amides is 1. The third kappa shape index (κ3) is 5.02. The fraction of sp³-hybridized carbons (Fsp3) is 0.500. The van der Waals surface area contributed by atoms with Crippen LogP contribution in [0.25, 0.3) is 0 Å². The lowest BCUT2D eigenvalue weighted by atomic mass is 10.2. The molecule has 1 aliphatic rings. The van der Waals surface area contributed by atoms with Crippen LogP contribution in [0.3, 0.4) is 0 Å². The average Bonchev–Trinajstić information content (AvgIpc) is 2.91. The third-order valence-electron chi connectivity index (χ3n) is 3.18. The van der Waals surface area contributed by atoms with Crippen molar-refractivity contribution < 1.29 is 22.7 Å². The maximum absolute atomic E-state index is 12.4. The van der Waals surface area contributed by atoms with Gasteiger partial charge in [0.15, 0.2) is 0 Å². The molecule has 0 bridgehead atoms. The van der Waals surface area contributed by atoms with Crippen LogP contribution < -0.4 is 10.6 Å². The molecule has 1 amide bonds. The third-order valence-corrected chi connectivity index (χ3v) is 3.18. The number of nitrogens with one attached hydrogen (secondary N) is 2. The van der Waals surface area contributed by atoms with Gasteiger partial charge in [-0.2, -0.15) is 13.2 Å². The molecule has 0 radical (unpaired) electrons. The highest BCUT2D eigenvalue weighted by Crippen LogP contribution is 2.29. The van der Waals surface area contributed by atoms with E-state index in [1.165, 1.54) is 12.1 Å². The van der Waals surface area contributed by atoms with Crippen LogP contribution in [-0.4, -0.2) is 31.7 Å². The highest BCUT2D eigenvalue weighted by Gasteiger charge is 2.29. The average molecular weight is 302 g/mol. The van der Waals surface area contributed by atoms with Crippen LogP contribution >= 0.6 is 0 Å². The molecule has 0 saturated carbocycles. The molecule has 7 heteroatoms. The van der Waals surface area contributed by atoms with E-state index in [1.807, 2.05) is 0 Å². The van der Waals surface area contributed by atoms with Crippen LogP contribution in [0.2, 0.25) is 0 Å². The standard InChI is InChI=1S/C14H17F3N2O2/c15-14(16,17)10-3-5-11(6-4-10)19-13(20)9-18-8-12-2-1-7-21-12/h3-6,12,18H,1-2,7-9H2,(H,19,20). The fourth-order valence-electron chi connectivity index (χ4n) is 2.10. The molecule has 116 valence electrons. The Labute approximate surface area is 120 Å². The summed E-state index contributed by atoms with van der Waals surface area (Å²) in [6.45, 7) is 1.45. The van der Waals surface area contributed by atoms with Crippen molar-refractivity contribution >= 4 is 11.6 Å². The van der Waals surface area contributed by atoms with Gasteiger partial charge in [-0.05, 0) is 37.1 Å². The number of ether oxygens (including phenoxy) is 1. The minimum atomic E-state index is -4.37. The van der Waals surface area contributed by atoms with Crippen LogP contribution in [0.4, 0.5) is 18.9 Å². The van der Waals surface area contributed by atoms with Gasteiger partial charge < -0.3 is 15.4 Å². The number of halogens is 3. The summed E-state index contributed by atoms with van der Waals surface area (Å²) in [5.41, 5.74) is -0.399. The van der Waals surface area contributed by atoms with Gasteiger partial charge in [-0.1, -0.05) is 0 Å². The van der Waals surface area contributed by atoms with Crippen LogP contribution in [0.5, 0.6) is 0 Å². The summed E-state index contributed by atoms with van der Waals surface area (Å²) >= 11 is 0. The Balaban J connectivity index is 1.74. The van der Waals surface area contributed by atoms with E-state index < -0.39 is 11.7 Å². The number of hydrogen-bond donors (Lipinski definition) is 2. The zero-order valence-corrected chi connectivity index (χ0v) is 11.4. The van der Waals surface area contributed by atoms with E-state index in [-0.39, 0.29) is 18.6 Å². The zero-order chi connectivity index (χ0) is 15.3. The zero-order valence-electron chi connectivity index (χ0n) is 11.4. The lowest BCUT2D eigenvalue weighted by molar-refractivity contribution is -0.137. The van der Waals surface area contributed by atoms with Crippen LogP contribution in [0.15, 0.2) is 24.3 Å². The number of rotatable bonds is 5. The van der Waals surface area contributed by atoms with E-state index in [9.17, 15) is 18.0 Å². The van der Waals surface area contributed by atoms with E-state index in [2.05, 4.69) is 10.6 Å². The quantitative estimate of drug-likeness (QED) is 0.878. The molecule has 2 N–H and O–H groups in total. The van der Waals surface area contributed by atoms with E-state index in [0.717, 1.165) is 31.6 Å². The highest BCUT2D eigenvalue weighted by molar-refractivity contribution is 5.92. The molecule has 0 aromatic heterocycles. The number of carbonyl (C=O) groups is 1. The Bertz CT molecular complexity index is 468. The molecule has 21 heavy (non-hydrogen) atoms. The molecular weight excluding hydrogens is 285 g/mol. The molecule has 1 aliphatic heterocycles. The van der Waals surface area contributed by atoms with Gasteiger partial charge in [-0.15, -0.1) is 0 Å². The molecule has 4 nitrogen and oxygen atoms in total. The van der Waals surface area contributed by atoms with E-state index in [0.29, 0.717) is 12.2 Å². The second-order valence-corrected chi connectivity index (χ2v) is 4.89. The maximum Gasteiger partial charge on any atom is 0.416 e. The minimum absolute atomic E-state index is 0.0981. The highest BCUT2D eigenvalue weighted by atomic mass is 19.4. The maximum atomic E-state index is 12.4. The van der Waals surface area contributed by atoms with Gasteiger partial charge in [0.2, 0.25) is 5.91 Å². The molecule has 1 unspecified atom stereocenters. The SMILES string of the molecule is O=C(CNCC1CCCO1)Nc1ccc(C(F)(F)F)cc1. The first-order valence-corrected chi connectivity index (χ1v) is 6.74. The van der Waals surface area contributed by atoms with Crippen molar-refractivity contribution in [2.24, 2.45) is 0 Å². The molecule has 1 aromatic carbocycles. The van der Waals surface area contributed by atoms with Crippen LogP contribution in [0, 0.1) is 0 Å². The van der Waals surface area contributed by atoms with Crippen molar-refractivity contribution in [3.8, 4) is 0 Å². The Hall–Kier alpha value is -1.60. The van der Waals surface area contributed by atoms with E-state index >= 15 is 0 Å². The van der Waals surface area contributed by atoms with Crippen molar-refractivity contribution in [2.75, 3.05) is 25.0 Å². The Morgan fingerprint density at radius 3 is 2.57 bits per heavy atom. The fourth-order valence-corrected chi connectivity index (χ4v) is 2.10. The number of benzene rings is 1. The van der Waals surface area contributed by atoms with Crippen LogP contribution in [0.1, 0.15) is 18.4 Å². The predicted octanol–water partition coefficient (Wildman–Crippen LogP) is 2.41. The second kappa shape index (κ2) is 6.91. The number of hydrogen-bond acceptors (Lipinski definition) is 3. The first-order chi connectivity index (χ1) is 9.95. The van der Waals surface area contributed by atoms with Gasteiger partial charge in [0, 0.05) is 18.8 Å². The molecule has 0 spiro atoms. The van der Waals surface area contributed by atoms with Crippen molar-refractivity contribution in [3.05, 3.63) is 29.8 Å². The predicted molar refractivity (Wildman–Crippen MR) is 71.9 cm³/mol. The summed E-state index contributed by atoms with van der Waals surface area (Å²) in [5.74, 6) is -0.298. The van der Waals surface area contributed by atoms with Crippen molar-refractivity contribution in [1.29, 1.82) is 0 Å². The van der Waals surface area contributed by atoms with Gasteiger partial charge in [0.05, 0.1) is 18.2 Å². The smallest absolute Gasteiger partial charge is 0.377 e. The number of anilines is 1. The molecular formula is C14H17F3N2O2. The van der Waals surface area contributed by atoms with Gasteiger partial charge in [0.1, 0.15) is 0 Å². The molecule has 1 atom stereocenters. The van der Waals surface area contributed by atoms with Gasteiger partial charge in [-0.25, -0.2) is 0 Å². The summed E-state index contributed by atoms with van der Waals surface area (Å²) in [4.78, 5) is 11.6. The van der Waals surface area contributed by atoms with Crippen molar-refractivity contribution in [2.45, 2.75) is 25.1 Å². The lowest BCUT2D eigenvalue weighted by Crippen LogP contribution is -2.33. The first-order valence-electron chi connectivity index (χ1n) is 6.74. The van der Waals surface area contributed by atoms with Crippen molar-refractivity contribution in [3.63, 3.8) is 0 Å². The second-order valence-electron chi connectivity index (χ2n) is 4.89. The lowest BCUT2D eigenvalue weighted by Gasteiger charge is -2.11. The van der Waals surface area contributed by atoms with E-state index in [1.54, 1.807) is 0 Å². The molecule has 0 aliphatic carbocycles. The monoisotopic (exact) mass is 302 g/mol. The molecule has 1 saturated heterocycles. The minimum Gasteiger partial charge on any atom is -0.377 e. The normalized spacial score (nSPS) is 18.7. The van der Waals surface area contributed by atoms with Gasteiger partial charge in [-0.3, -0.25) is 4.79 Å². The summed E-state index contributed by atoms with van der Waals surface area (Å²) in [5, 5.41) is 5.50. The first kappa shape index (κ1) is 15.8. The Morgan fingerprint density at radius 2 is 2.00 bits per heavy atom. The van der Waals surface area contributed by atoms with Gasteiger partial charge >= 0.3 is 6.18 Å². The van der Waals surface area contributed by atoms with Gasteiger partial charge in [0.25, 0.3) is 0 Å². The Morgan fingerprint density at radius 1 is 1.29 bits per heavy atom. The topological polar surface area (TPSA) is 50.4 Å². The molecule has 1 aromatic rings. The summed E-state index contributed by atoms with van der Waals surface area (Å²) in [7, 11) is 0. The summed E-state index contributed by atoms with van der Waals surface area (Å²) < 4.78 is 42.6. The van der Waals surface area contributed by atoms with Crippen molar-refractivity contribution in [1.82, 2.24) is 5.32 Å². The summed E-state index contributed by atoms with van der Waals surface area (Å²) in [6, 6.07) is 4.35.